The Morgan fingerprint density at radius 3 is 2.79 bits per heavy atom. The maximum Gasteiger partial charge on any atom is 0.306 e. The van der Waals surface area contributed by atoms with E-state index in [0.29, 0.717) is 41.3 Å². The standard InChI is InChI=1S/C18H28N2O4/c1-10-13-8-12(18(13,3)4)9-14(10)23-16(21)7-6-15-19-17(20-24-15)11(2)22-5/h10-14H,6-9H2,1-5H3/t10-,11-,12-,13+,14+/m1/s1. The van der Waals surface area contributed by atoms with Gasteiger partial charge in [0, 0.05) is 13.5 Å². The van der Waals surface area contributed by atoms with Crippen LogP contribution >= 0.6 is 0 Å². The molecule has 0 spiro atoms. The molecule has 134 valence electrons. The number of nitrogens with zero attached hydrogens (tertiary/aromatic N) is 2. The number of ether oxygens (including phenoxy) is 2. The van der Waals surface area contributed by atoms with E-state index in [9.17, 15) is 4.79 Å². The quantitative estimate of drug-likeness (QED) is 0.742. The Labute approximate surface area is 143 Å². The van der Waals surface area contributed by atoms with Crippen LogP contribution in [0.25, 0.3) is 0 Å². The highest BCUT2D eigenvalue weighted by molar-refractivity contribution is 5.69. The monoisotopic (exact) mass is 336 g/mol. The molecule has 5 atom stereocenters. The Morgan fingerprint density at radius 1 is 1.42 bits per heavy atom. The molecule has 3 saturated carbocycles. The van der Waals surface area contributed by atoms with E-state index in [1.807, 2.05) is 6.92 Å². The van der Waals surface area contributed by atoms with Gasteiger partial charge in [-0.1, -0.05) is 25.9 Å². The molecule has 0 amide bonds. The van der Waals surface area contributed by atoms with Gasteiger partial charge in [-0.3, -0.25) is 4.79 Å². The average Bonchev–Trinajstić information content (AvgIpc) is 3.02. The Morgan fingerprint density at radius 2 is 2.17 bits per heavy atom. The van der Waals surface area contributed by atoms with Crippen molar-refractivity contribution < 1.29 is 18.8 Å². The van der Waals surface area contributed by atoms with Crippen LogP contribution in [-0.2, 0) is 20.7 Å². The van der Waals surface area contributed by atoms with E-state index in [4.69, 9.17) is 14.0 Å². The molecule has 3 aliphatic carbocycles. The highest BCUT2D eigenvalue weighted by Gasteiger charge is 2.57. The number of methoxy groups -OCH3 is 1. The molecule has 0 aromatic carbocycles. The molecule has 2 bridgehead atoms. The van der Waals surface area contributed by atoms with Gasteiger partial charge in [0.15, 0.2) is 5.82 Å². The molecule has 1 aromatic rings. The molecule has 0 unspecified atom stereocenters. The predicted molar refractivity (Wildman–Crippen MR) is 87.1 cm³/mol. The van der Waals surface area contributed by atoms with Gasteiger partial charge in [0.1, 0.15) is 12.2 Å². The summed E-state index contributed by atoms with van der Waals surface area (Å²) in [6, 6.07) is 0. The summed E-state index contributed by atoms with van der Waals surface area (Å²) in [5.41, 5.74) is 0.403. The fourth-order valence-corrected chi connectivity index (χ4v) is 4.33. The molecule has 6 nitrogen and oxygen atoms in total. The summed E-state index contributed by atoms with van der Waals surface area (Å²) in [6.45, 7) is 8.75. The number of hydrogen-bond acceptors (Lipinski definition) is 6. The minimum atomic E-state index is -0.215. The van der Waals surface area contributed by atoms with E-state index in [0.717, 1.165) is 6.42 Å². The minimum Gasteiger partial charge on any atom is -0.462 e. The number of fused-ring (bicyclic) bond motifs is 2. The smallest absolute Gasteiger partial charge is 0.306 e. The molecular weight excluding hydrogens is 308 g/mol. The van der Waals surface area contributed by atoms with E-state index in [1.165, 1.54) is 6.42 Å². The number of carbonyl (C=O) groups is 1. The summed E-state index contributed by atoms with van der Waals surface area (Å²) in [6.07, 6.45) is 2.79. The molecule has 0 aliphatic heterocycles. The van der Waals surface area contributed by atoms with Gasteiger partial charge in [-0.15, -0.1) is 0 Å². The van der Waals surface area contributed by atoms with Crippen LogP contribution in [0.4, 0.5) is 0 Å². The molecule has 0 radical (unpaired) electrons. The van der Waals surface area contributed by atoms with Crippen LogP contribution in [0.2, 0.25) is 0 Å². The highest BCUT2D eigenvalue weighted by atomic mass is 16.5. The van der Waals surface area contributed by atoms with Gasteiger partial charge in [-0.2, -0.15) is 4.98 Å². The average molecular weight is 336 g/mol. The van der Waals surface area contributed by atoms with Gasteiger partial charge in [-0.25, -0.2) is 0 Å². The lowest BCUT2D eigenvalue weighted by Crippen LogP contribution is -2.57. The third-order valence-electron chi connectivity index (χ3n) is 6.31. The second kappa shape index (κ2) is 6.47. The summed E-state index contributed by atoms with van der Waals surface area (Å²) in [4.78, 5) is 16.4. The number of hydrogen-bond donors (Lipinski definition) is 0. The first-order chi connectivity index (χ1) is 11.3. The molecule has 4 rings (SSSR count). The molecule has 1 aromatic heterocycles. The molecule has 6 heteroatoms. The SMILES string of the molecule is CO[C@H](C)c1noc(CCC(=O)O[C@H]2C[C@H]3C[C@@H]([C@H]2C)C3(C)C)n1. The van der Waals surface area contributed by atoms with Crippen LogP contribution in [-0.4, -0.2) is 29.3 Å². The summed E-state index contributed by atoms with van der Waals surface area (Å²) in [7, 11) is 1.59. The fraction of sp³-hybridized carbons (Fsp3) is 0.833. The molecule has 1 heterocycles. The van der Waals surface area contributed by atoms with Crippen LogP contribution in [0, 0.1) is 23.2 Å². The van der Waals surface area contributed by atoms with Crippen molar-refractivity contribution >= 4 is 5.97 Å². The zero-order chi connectivity index (χ0) is 17.5. The number of aryl methyl sites for hydroxylation is 1. The van der Waals surface area contributed by atoms with Crippen molar-refractivity contribution in [3.8, 4) is 0 Å². The van der Waals surface area contributed by atoms with Gasteiger partial charge in [-0.05, 0) is 42.9 Å². The van der Waals surface area contributed by atoms with Crippen LogP contribution in [0.5, 0.6) is 0 Å². The van der Waals surface area contributed by atoms with E-state index in [-0.39, 0.29) is 24.6 Å². The zero-order valence-electron chi connectivity index (χ0n) is 15.2. The summed E-state index contributed by atoms with van der Waals surface area (Å²) in [5.74, 6) is 2.57. The summed E-state index contributed by atoms with van der Waals surface area (Å²) in [5, 5.41) is 3.86. The van der Waals surface area contributed by atoms with Gasteiger partial charge >= 0.3 is 5.97 Å². The maximum atomic E-state index is 12.2. The third kappa shape index (κ3) is 3.08. The van der Waals surface area contributed by atoms with Crippen LogP contribution in [0.15, 0.2) is 4.52 Å². The van der Waals surface area contributed by atoms with E-state index in [2.05, 4.69) is 30.9 Å². The first-order valence-electron chi connectivity index (χ1n) is 8.87. The highest BCUT2D eigenvalue weighted by Crippen LogP contribution is 2.61. The lowest BCUT2D eigenvalue weighted by atomic mass is 9.45. The van der Waals surface area contributed by atoms with Gasteiger partial charge in [0.2, 0.25) is 5.89 Å². The van der Waals surface area contributed by atoms with Crippen molar-refractivity contribution in [3.63, 3.8) is 0 Å². The van der Waals surface area contributed by atoms with Crippen LogP contribution in [0.1, 0.15) is 64.8 Å². The van der Waals surface area contributed by atoms with Crippen molar-refractivity contribution in [1.29, 1.82) is 0 Å². The van der Waals surface area contributed by atoms with Crippen LogP contribution in [0.3, 0.4) is 0 Å². The first kappa shape index (κ1) is 17.4. The molecule has 0 N–H and O–H groups in total. The second-order valence-corrected chi connectivity index (χ2v) is 7.91. The van der Waals surface area contributed by atoms with Crippen molar-refractivity contribution in [2.24, 2.45) is 23.2 Å². The molecular formula is C18H28N2O4. The van der Waals surface area contributed by atoms with Gasteiger partial charge in [0.25, 0.3) is 0 Å². The second-order valence-electron chi connectivity index (χ2n) is 7.91. The normalized spacial score (nSPS) is 32.0. The van der Waals surface area contributed by atoms with Crippen LogP contribution < -0.4 is 0 Å². The molecule has 3 aliphatic rings. The summed E-state index contributed by atoms with van der Waals surface area (Å²) >= 11 is 0. The van der Waals surface area contributed by atoms with E-state index in [1.54, 1.807) is 7.11 Å². The van der Waals surface area contributed by atoms with Crippen molar-refractivity contribution in [1.82, 2.24) is 10.1 Å². The maximum absolute atomic E-state index is 12.2. The number of carbonyl (C=O) groups excluding carboxylic acids is 1. The Bertz CT molecular complexity index is 598. The number of esters is 1. The van der Waals surface area contributed by atoms with Crippen molar-refractivity contribution in [2.45, 2.75) is 65.6 Å². The Balaban J connectivity index is 1.47. The lowest BCUT2D eigenvalue weighted by Gasteiger charge is -2.61. The van der Waals surface area contributed by atoms with E-state index < -0.39 is 0 Å². The molecule has 3 fully saturated rings. The van der Waals surface area contributed by atoms with Crippen molar-refractivity contribution in [3.05, 3.63) is 11.7 Å². The van der Waals surface area contributed by atoms with Gasteiger partial charge in [0.05, 0.1) is 6.42 Å². The van der Waals surface area contributed by atoms with E-state index >= 15 is 0 Å². The molecule has 24 heavy (non-hydrogen) atoms. The molecule has 0 saturated heterocycles. The minimum absolute atomic E-state index is 0.0565. The lowest BCUT2D eigenvalue weighted by molar-refractivity contribution is -0.186. The third-order valence-corrected chi connectivity index (χ3v) is 6.31. The number of rotatable bonds is 6. The largest absolute Gasteiger partial charge is 0.462 e. The zero-order valence-corrected chi connectivity index (χ0v) is 15.2. The Kier molecular flexibility index (Phi) is 4.69. The summed E-state index contributed by atoms with van der Waals surface area (Å²) < 4.78 is 16.0. The fourth-order valence-electron chi connectivity index (χ4n) is 4.33. The predicted octanol–water partition coefficient (Wildman–Crippen LogP) is 3.32. The topological polar surface area (TPSA) is 74.5 Å². The number of aromatic nitrogens is 2. The van der Waals surface area contributed by atoms with Crippen molar-refractivity contribution in [2.75, 3.05) is 7.11 Å². The Hall–Kier alpha value is -1.43. The first-order valence-corrected chi connectivity index (χ1v) is 8.87. The van der Waals surface area contributed by atoms with Gasteiger partial charge < -0.3 is 14.0 Å².